The van der Waals surface area contributed by atoms with Crippen LogP contribution in [0.2, 0.25) is 0 Å². The van der Waals surface area contributed by atoms with E-state index < -0.39 is 39.9 Å². The molecule has 0 unspecified atom stereocenters. The van der Waals surface area contributed by atoms with Gasteiger partial charge in [0.25, 0.3) is 10.0 Å². The van der Waals surface area contributed by atoms with Crippen LogP contribution in [-0.4, -0.2) is 29.3 Å². The van der Waals surface area contributed by atoms with Crippen molar-refractivity contribution >= 4 is 21.7 Å². The second kappa shape index (κ2) is 5.48. The van der Waals surface area contributed by atoms with E-state index in [2.05, 4.69) is 5.10 Å². The lowest BCUT2D eigenvalue weighted by atomic mass is 10.3. The Balaban J connectivity index is 2.28. The number of aliphatic carboxylic acids is 1. The number of hydrogen-bond donors (Lipinski definition) is 2. The van der Waals surface area contributed by atoms with Crippen molar-refractivity contribution in [1.29, 1.82) is 0 Å². The first kappa shape index (κ1) is 14.9. The second-order valence-electron chi connectivity index (χ2n) is 4.00. The van der Waals surface area contributed by atoms with E-state index in [1.165, 1.54) is 0 Å². The zero-order chi connectivity index (χ0) is 15.6. The summed E-state index contributed by atoms with van der Waals surface area (Å²) in [4.78, 5) is 10.1. The molecule has 2 N–H and O–H groups in total. The molecular weight excluding hydrogens is 308 g/mol. The largest absolute Gasteiger partial charge is 0.480 e. The molecule has 0 aliphatic heterocycles. The average molecular weight is 317 g/mol. The molecule has 1 aromatic heterocycles. The lowest BCUT2D eigenvalue weighted by Gasteiger charge is -2.07. The van der Waals surface area contributed by atoms with E-state index in [4.69, 9.17) is 5.11 Å². The molecule has 0 fully saturated rings. The Bertz CT molecular complexity index is 789. The highest BCUT2D eigenvalue weighted by molar-refractivity contribution is 7.92. The van der Waals surface area contributed by atoms with Gasteiger partial charge in [0.05, 0.1) is 11.9 Å². The van der Waals surface area contributed by atoms with Crippen molar-refractivity contribution in [2.24, 2.45) is 0 Å². The number of carboxylic acids is 1. The number of nitrogens with zero attached hydrogens (tertiary/aromatic N) is 2. The highest BCUT2D eigenvalue weighted by Crippen LogP contribution is 2.19. The standard InChI is InChI=1S/C11H9F2N3O4S/c12-7-1-2-9(13)10(3-7)15-21(19,20)8-4-14-16(5-8)6-11(17)18/h1-5,15H,6H2,(H,17,18). The van der Waals surface area contributed by atoms with Crippen LogP contribution in [0.15, 0.2) is 35.5 Å². The molecule has 0 spiro atoms. The van der Waals surface area contributed by atoms with Crippen molar-refractivity contribution in [2.45, 2.75) is 11.4 Å². The summed E-state index contributed by atoms with van der Waals surface area (Å²) in [6.45, 7) is -0.524. The van der Waals surface area contributed by atoms with E-state index in [-0.39, 0.29) is 4.90 Å². The van der Waals surface area contributed by atoms with Gasteiger partial charge in [-0.3, -0.25) is 14.2 Å². The summed E-state index contributed by atoms with van der Waals surface area (Å²) < 4.78 is 53.1. The summed E-state index contributed by atoms with van der Waals surface area (Å²) in [5.74, 6) is -2.96. The maximum atomic E-state index is 13.4. The third-order valence-corrected chi connectivity index (χ3v) is 3.71. The van der Waals surface area contributed by atoms with Gasteiger partial charge >= 0.3 is 5.97 Å². The van der Waals surface area contributed by atoms with E-state index in [0.29, 0.717) is 6.07 Å². The molecule has 7 nitrogen and oxygen atoms in total. The zero-order valence-corrected chi connectivity index (χ0v) is 11.1. The molecule has 0 aliphatic rings. The highest BCUT2D eigenvalue weighted by Gasteiger charge is 2.19. The average Bonchev–Trinajstić information content (AvgIpc) is 2.82. The minimum atomic E-state index is -4.20. The van der Waals surface area contributed by atoms with Crippen LogP contribution in [0.4, 0.5) is 14.5 Å². The van der Waals surface area contributed by atoms with Gasteiger partial charge in [0.2, 0.25) is 0 Å². The maximum Gasteiger partial charge on any atom is 0.325 e. The minimum absolute atomic E-state index is 0.368. The summed E-state index contributed by atoms with van der Waals surface area (Å²) in [7, 11) is -4.20. The molecule has 0 saturated carbocycles. The molecule has 0 aliphatic carbocycles. The number of hydrogen-bond acceptors (Lipinski definition) is 4. The lowest BCUT2D eigenvalue weighted by Crippen LogP contribution is -2.14. The molecule has 1 aromatic carbocycles. The highest BCUT2D eigenvalue weighted by atomic mass is 32.2. The fraction of sp³-hybridized carbons (Fsp3) is 0.0909. The molecule has 0 amide bonds. The Morgan fingerprint density at radius 3 is 2.76 bits per heavy atom. The van der Waals surface area contributed by atoms with Crippen molar-refractivity contribution in [3.05, 3.63) is 42.2 Å². The predicted molar refractivity (Wildman–Crippen MR) is 67.0 cm³/mol. The third-order valence-electron chi connectivity index (χ3n) is 2.39. The van der Waals surface area contributed by atoms with Crippen molar-refractivity contribution < 1.29 is 27.1 Å². The van der Waals surface area contributed by atoms with E-state index in [1.807, 2.05) is 4.72 Å². The van der Waals surface area contributed by atoms with E-state index in [0.717, 1.165) is 29.2 Å². The maximum absolute atomic E-state index is 13.4. The molecular formula is C11H9F2N3O4S. The third kappa shape index (κ3) is 3.54. The van der Waals surface area contributed by atoms with Crippen LogP contribution in [0, 0.1) is 11.6 Å². The van der Waals surface area contributed by atoms with Crippen molar-refractivity contribution in [3.63, 3.8) is 0 Å². The quantitative estimate of drug-likeness (QED) is 0.858. The fourth-order valence-corrected chi connectivity index (χ4v) is 2.50. The topological polar surface area (TPSA) is 101 Å². The Morgan fingerprint density at radius 2 is 2.10 bits per heavy atom. The minimum Gasteiger partial charge on any atom is -0.480 e. The number of aromatic nitrogens is 2. The predicted octanol–water partition coefficient (Wildman–Crippen LogP) is 1.05. The Hall–Kier alpha value is -2.49. The first-order chi connectivity index (χ1) is 9.78. The summed E-state index contributed by atoms with van der Waals surface area (Å²) in [5, 5.41) is 12.1. The molecule has 1 heterocycles. The number of carboxylic acid groups (broad SMARTS) is 1. The summed E-state index contributed by atoms with van der Waals surface area (Å²) in [6, 6.07) is 2.31. The van der Waals surface area contributed by atoms with Crippen LogP contribution in [0.3, 0.4) is 0 Å². The first-order valence-corrected chi connectivity index (χ1v) is 6.98. The van der Waals surface area contributed by atoms with Crippen LogP contribution < -0.4 is 4.72 Å². The van der Waals surface area contributed by atoms with Crippen LogP contribution in [0.25, 0.3) is 0 Å². The van der Waals surface area contributed by atoms with Gasteiger partial charge in [-0.1, -0.05) is 0 Å². The molecule has 2 rings (SSSR count). The molecule has 0 radical (unpaired) electrons. The SMILES string of the molecule is O=C(O)Cn1cc(S(=O)(=O)Nc2cc(F)ccc2F)cn1. The Labute approximate surface area is 117 Å². The van der Waals surface area contributed by atoms with Gasteiger partial charge in [-0.25, -0.2) is 17.2 Å². The molecule has 0 bridgehead atoms. The van der Waals surface area contributed by atoms with Gasteiger partial charge in [0.1, 0.15) is 23.1 Å². The van der Waals surface area contributed by atoms with Crippen molar-refractivity contribution in [2.75, 3.05) is 4.72 Å². The van der Waals surface area contributed by atoms with Crippen LogP contribution in [0.1, 0.15) is 0 Å². The number of anilines is 1. The molecule has 10 heteroatoms. The summed E-state index contributed by atoms with van der Waals surface area (Å²) in [5.41, 5.74) is -0.555. The van der Waals surface area contributed by atoms with Gasteiger partial charge in [0, 0.05) is 12.3 Å². The van der Waals surface area contributed by atoms with Gasteiger partial charge in [-0.15, -0.1) is 0 Å². The fourth-order valence-electron chi connectivity index (χ4n) is 1.49. The van der Waals surface area contributed by atoms with Crippen LogP contribution in [0.5, 0.6) is 0 Å². The number of nitrogens with one attached hydrogen (secondary N) is 1. The molecule has 0 saturated heterocycles. The first-order valence-electron chi connectivity index (χ1n) is 5.50. The molecule has 112 valence electrons. The summed E-state index contributed by atoms with van der Waals surface area (Å²) in [6.07, 6.45) is 1.87. The number of benzene rings is 1. The number of halogens is 2. The molecule has 0 atom stereocenters. The smallest absolute Gasteiger partial charge is 0.325 e. The van der Waals surface area contributed by atoms with E-state index in [9.17, 15) is 22.0 Å². The second-order valence-corrected chi connectivity index (χ2v) is 5.68. The van der Waals surface area contributed by atoms with Gasteiger partial charge in [0.15, 0.2) is 0 Å². The monoisotopic (exact) mass is 317 g/mol. The van der Waals surface area contributed by atoms with Crippen molar-refractivity contribution in [1.82, 2.24) is 9.78 Å². The molecule has 2 aromatic rings. The van der Waals surface area contributed by atoms with E-state index in [1.54, 1.807) is 0 Å². The van der Waals surface area contributed by atoms with Gasteiger partial charge in [-0.05, 0) is 12.1 Å². The van der Waals surface area contributed by atoms with Crippen LogP contribution in [-0.2, 0) is 21.4 Å². The molecule has 21 heavy (non-hydrogen) atoms. The summed E-state index contributed by atoms with van der Waals surface area (Å²) >= 11 is 0. The lowest BCUT2D eigenvalue weighted by molar-refractivity contribution is -0.137. The van der Waals surface area contributed by atoms with E-state index >= 15 is 0 Å². The number of sulfonamides is 1. The van der Waals surface area contributed by atoms with Crippen LogP contribution >= 0.6 is 0 Å². The van der Waals surface area contributed by atoms with Crippen molar-refractivity contribution in [3.8, 4) is 0 Å². The zero-order valence-electron chi connectivity index (χ0n) is 10.3. The Kier molecular flexibility index (Phi) is 3.89. The number of rotatable bonds is 5. The van der Waals surface area contributed by atoms with Gasteiger partial charge in [-0.2, -0.15) is 5.10 Å². The number of carbonyl (C=O) groups is 1. The van der Waals surface area contributed by atoms with Gasteiger partial charge < -0.3 is 5.11 Å². The normalized spacial score (nSPS) is 11.3. The Morgan fingerprint density at radius 1 is 1.38 bits per heavy atom.